The Morgan fingerprint density at radius 3 is 1.69 bits per heavy atom. The van der Waals surface area contributed by atoms with Crippen LogP contribution in [-0.2, 0) is 3.53 Å². The van der Waals surface area contributed by atoms with Crippen molar-refractivity contribution < 1.29 is 3.53 Å². The summed E-state index contributed by atoms with van der Waals surface area (Å²) in [7, 11) is 0. The van der Waals surface area contributed by atoms with E-state index in [0.717, 1.165) is 37.9 Å². The van der Waals surface area contributed by atoms with E-state index in [0.29, 0.717) is 0 Å². The van der Waals surface area contributed by atoms with Gasteiger partial charge in [-0.1, -0.05) is 0 Å². The number of para-hydroxylation sites is 1. The molecule has 7 heteroatoms. The van der Waals surface area contributed by atoms with Gasteiger partial charge in [0.2, 0.25) is 0 Å². The summed E-state index contributed by atoms with van der Waals surface area (Å²) in [6.07, 6.45) is 2.56. The molecule has 1 rings (SSSR count). The average molecular weight is 697 g/mol. The van der Waals surface area contributed by atoms with E-state index in [1.54, 1.807) is 0 Å². The SMILES string of the molecule is CCN(CC)C(=Nc1ccccc1)[O][Ga](/[C](=C\C(C)(C)C)[Ge]([C]#CC(C)(C)C)[N](CC)CC)[N](C(C)(C)C)C(C)(C)C. The Morgan fingerprint density at radius 1 is 0.810 bits per heavy atom. The molecule has 1 aromatic rings. The molecule has 0 aliphatic rings. The van der Waals surface area contributed by atoms with E-state index >= 15 is 0 Å². The van der Waals surface area contributed by atoms with Crippen LogP contribution in [0, 0.1) is 21.5 Å². The molecule has 0 unspecified atom stereocenters. The van der Waals surface area contributed by atoms with Crippen molar-refractivity contribution in [2.45, 2.75) is 122 Å². The van der Waals surface area contributed by atoms with Gasteiger partial charge in [-0.3, -0.25) is 0 Å². The first-order valence-corrected chi connectivity index (χ1v) is 22.2. The van der Waals surface area contributed by atoms with Crippen molar-refractivity contribution in [3.63, 3.8) is 0 Å². The van der Waals surface area contributed by atoms with Gasteiger partial charge in [0, 0.05) is 0 Å². The van der Waals surface area contributed by atoms with Crippen LogP contribution in [0.15, 0.2) is 44.4 Å². The van der Waals surface area contributed by atoms with Crippen LogP contribution in [0.25, 0.3) is 0 Å². The summed E-state index contributed by atoms with van der Waals surface area (Å²) in [6.45, 7) is 40.3. The fourth-order valence-electron chi connectivity index (χ4n) is 5.19. The number of aliphatic imine (C=N–C) groups is 1. The van der Waals surface area contributed by atoms with Gasteiger partial charge in [-0.15, -0.1) is 0 Å². The molecular formula is C35H62GaGeN4O. The van der Waals surface area contributed by atoms with Gasteiger partial charge >= 0.3 is 273 Å². The van der Waals surface area contributed by atoms with E-state index in [1.807, 2.05) is 18.2 Å². The number of benzene rings is 1. The number of nitrogens with zero attached hydrogens (tertiary/aromatic N) is 4. The summed E-state index contributed by atoms with van der Waals surface area (Å²) in [5.41, 5.74) is 0.643. The minimum atomic E-state index is -3.08. The summed E-state index contributed by atoms with van der Waals surface area (Å²) < 4.78 is 18.4. The molecule has 1 aromatic carbocycles. The Morgan fingerprint density at radius 2 is 1.31 bits per heavy atom. The number of amidine groups is 1. The molecule has 0 aliphatic carbocycles. The zero-order valence-corrected chi connectivity index (χ0v) is 34.6. The monoisotopic (exact) mass is 697 g/mol. The molecule has 1 radical (unpaired) electrons. The second-order valence-electron chi connectivity index (χ2n) is 15.1. The van der Waals surface area contributed by atoms with Crippen LogP contribution in [-0.4, -0.2) is 87.0 Å². The Hall–Kier alpha value is -1.11. The van der Waals surface area contributed by atoms with Crippen molar-refractivity contribution in [3.8, 4) is 10.7 Å². The Bertz CT molecular complexity index is 1060. The van der Waals surface area contributed by atoms with Crippen molar-refractivity contribution >= 4 is 43.1 Å². The molecule has 0 saturated carbocycles. The third-order valence-corrected chi connectivity index (χ3v) is 23.8. The maximum absolute atomic E-state index is 7.54. The first-order valence-electron chi connectivity index (χ1n) is 15.9. The van der Waals surface area contributed by atoms with E-state index in [-0.39, 0.29) is 21.9 Å². The molecule has 0 saturated heterocycles. The van der Waals surface area contributed by atoms with Crippen LogP contribution in [0.5, 0.6) is 0 Å². The van der Waals surface area contributed by atoms with Gasteiger partial charge < -0.3 is 0 Å². The van der Waals surface area contributed by atoms with Crippen LogP contribution in [0.4, 0.5) is 5.69 Å². The fraction of sp³-hybridized carbons (Fsp3) is 0.686. The summed E-state index contributed by atoms with van der Waals surface area (Å²) in [5, 5.41) is 0. The third-order valence-electron chi connectivity index (χ3n) is 6.68. The van der Waals surface area contributed by atoms with Gasteiger partial charge in [0.1, 0.15) is 0 Å². The normalized spacial score (nSPS) is 13.9. The van der Waals surface area contributed by atoms with Gasteiger partial charge in [0.15, 0.2) is 0 Å². The average Bonchev–Trinajstić information content (AvgIpc) is 2.83. The van der Waals surface area contributed by atoms with Crippen molar-refractivity contribution in [2.75, 3.05) is 26.2 Å². The molecule has 0 heterocycles. The standard InChI is InChI=1S/C16H29GeN.C11H16N2O.C8H18N.Ga/c1-9-18(10-2)17(13-11-15(3,4)5)14-12-16(6,7)8;1-3-13(4-2)11(14)12-10-8-6-5-7-9-10;1-7(2,3)9-8(4,5)6;/h11H,9-10H2,1-8H3;5-9H,3-4H2,1-2H3,(H,12,14);1-6H3;/q;;-1;+2/p-1. The van der Waals surface area contributed by atoms with Crippen LogP contribution in [0.1, 0.15) is 111 Å². The van der Waals surface area contributed by atoms with Crippen molar-refractivity contribution in [1.82, 2.24) is 12.4 Å². The van der Waals surface area contributed by atoms with E-state index in [4.69, 9.17) is 8.52 Å². The molecule has 0 aliphatic heterocycles. The predicted molar refractivity (Wildman–Crippen MR) is 188 cm³/mol. The molecule has 0 aromatic heterocycles. The molecule has 0 spiro atoms. The third kappa shape index (κ3) is 12.9. The molecule has 42 heavy (non-hydrogen) atoms. The molecule has 0 atom stereocenters. The van der Waals surface area contributed by atoms with E-state index in [9.17, 15) is 0 Å². The molecule has 0 amide bonds. The molecule has 0 bridgehead atoms. The Labute approximate surface area is 271 Å². The molecule has 5 nitrogen and oxygen atoms in total. The van der Waals surface area contributed by atoms with Crippen LogP contribution >= 0.6 is 0 Å². The zero-order chi connectivity index (χ0) is 32.5. The predicted octanol–water partition coefficient (Wildman–Crippen LogP) is 8.39. The number of rotatable bonds is 10. The zero-order valence-electron chi connectivity index (χ0n) is 30.1. The summed E-state index contributed by atoms with van der Waals surface area (Å²) in [5.74, 6) is 3.70. The quantitative estimate of drug-likeness (QED) is 0.107. The summed E-state index contributed by atoms with van der Waals surface area (Å²) in [4.78, 5) is 7.46. The number of allylic oxidation sites excluding steroid dienone is 1. The first kappa shape index (κ1) is 38.9. The summed E-state index contributed by atoms with van der Waals surface area (Å²) in [6, 6.07) is 11.0. The summed E-state index contributed by atoms with van der Waals surface area (Å²) >= 11 is -5.40. The van der Waals surface area contributed by atoms with E-state index in [2.05, 4.69) is 152 Å². The Balaban J connectivity index is 4.26. The van der Waals surface area contributed by atoms with Crippen LogP contribution in [0.2, 0.25) is 0 Å². The fourth-order valence-corrected chi connectivity index (χ4v) is 24.2. The van der Waals surface area contributed by atoms with Crippen molar-refractivity contribution in [3.05, 3.63) is 39.4 Å². The van der Waals surface area contributed by atoms with E-state index in [1.165, 1.54) is 2.96 Å². The van der Waals surface area contributed by atoms with Crippen LogP contribution in [0.3, 0.4) is 0 Å². The second kappa shape index (κ2) is 16.3. The van der Waals surface area contributed by atoms with Gasteiger partial charge in [0.05, 0.1) is 0 Å². The van der Waals surface area contributed by atoms with Crippen molar-refractivity contribution in [1.29, 1.82) is 0 Å². The number of hydrogen-bond donors (Lipinski definition) is 0. The topological polar surface area (TPSA) is 31.3 Å². The molecule has 0 fully saturated rings. The minimum absolute atomic E-state index is 0.00954. The van der Waals surface area contributed by atoms with Gasteiger partial charge in [-0.05, 0) is 0 Å². The number of hydrogen-bond acceptors (Lipinski definition) is 4. The van der Waals surface area contributed by atoms with Crippen LogP contribution < -0.4 is 0 Å². The Kier molecular flexibility index (Phi) is 15.1. The van der Waals surface area contributed by atoms with Gasteiger partial charge in [-0.25, -0.2) is 0 Å². The molecule has 0 N–H and O–H groups in total. The van der Waals surface area contributed by atoms with Gasteiger partial charge in [-0.2, -0.15) is 0 Å². The van der Waals surface area contributed by atoms with E-state index < -0.39 is 31.4 Å². The molecular weight excluding hydrogens is 635 g/mol. The first-order chi connectivity index (χ1) is 19.2. The van der Waals surface area contributed by atoms with Crippen molar-refractivity contribution in [2.24, 2.45) is 15.8 Å². The van der Waals surface area contributed by atoms with Gasteiger partial charge in [0.25, 0.3) is 0 Å². The second-order valence-corrected chi connectivity index (χ2v) is 26.5. The molecule has 235 valence electrons. The maximum atomic E-state index is 7.54.